The molecule has 2 rings (SSSR count). The molecule has 0 saturated carbocycles. The molecule has 0 atom stereocenters. The Morgan fingerprint density at radius 3 is 2.84 bits per heavy atom. The van der Waals surface area contributed by atoms with Crippen molar-refractivity contribution in [1.82, 2.24) is 14.8 Å². The molecule has 7 heteroatoms. The van der Waals surface area contributed by atoms with Crippen LogP contribution in [-0.2, 0) is 6.42 Å². The third-order valence-corrected chi connectivity index (χ3v) is 3.70. The molecule has 1 aromatic heterocycles. The van der Waals surface area contributed by atoms with E-state index in [4.69, 9.17) is 16.7 Å². The Bertz CT molecular complexity index is 627. The molecule has 5 nitrogen and oxygen atoms in total. The molecule has 0 fully saturated rings. The quantitative estimate of drug-likeness (QED) is 0.923. The van der Waals surface area contributed by atoms with Crippen molar-refractivity contribution in [2.24, 2.45) is 0 Å². The minimum atomic E-state index is -1.14. The number of aromatic nitrogens is 3. The second kappa shape index (κ2) is 5.71. The van der Waals surface area contributed by atoms with Gasteiger partial charge in [0.2, 0.25) is 0 Å². The third kappa shape index (κ3) is 2.96. The van der Waals surface area contributed by atoms with Gasteiger partial charge in [0.15, 0.2) is 0 Å². The Hall–Kier alpha value is -1.40. The number of aryl methyl sites for hydroxylation is 1. The highest BCUT2D eigenvalue weighted by molar-refractivity contribution is 9.10. The van der Waals surface area contributed by atoms with Gasteiger partial charge in [0.25, 0.3) is 5.82 Å². The summed E-state index contributed by atoms with van der Waals surface area (Å²) in [6.45, 7) is 2.00. The number of halogens is 2. The predicted molar refractivity (Wildman–Crippen MR) is 75.0 cm³/mol. The molecule has 0 aliphatic carbocycles. The summed E-state index contributed by atoms with van der Waals surface area (Å²) in [5.74, 6) is -0.715. The number of aromatic carboxylic acids is 1. The van der Waals surface area contributed by atoms with Crippen LogP contribution in [0.4, 0.5) is 0 Å². The number of hydrogen-bond donors (Lipinski definition) is 1. The van der Waals surface area contributed by atoms with Crippen LogP contribution >= 0.6 is 27.5 Å². The summed E-state index contributed by atoms with van der Waals surface area (Å²) < 4.78 is 2.26. The van der Waals surface area contributed by atoms with Crippen LogP contribution in [0.15, 0.2) is 22.7 Å². The highest BCUT2D eigenvalue weighted by atomic mass is 79.9. The Balaban J connectivity index is 2.52. The van der Waals surface area contributed by atoms with Crippen LogP contribution in [0, 0.1) is 0 Å². The summed E-state index contributed by atoms with van der Waals surface area (Å²) in [5.41, 5.74) is 0.722. The van der Waals surface area contributed by atoms with Gasteiger partial charge in [-0.2, -0.15) is 0 Å². The monoisotopic (exact) mass is 343 g/mol. The van der Waals surface area contributed by atoms with E-state index in [-0.39, 0.29) is 5.82 Å². The second-order valence-electron chi connectivity index (χ2n) is 3.92. The maximum Gasteiger partial charge on any atom is 0.375 e. The van der Waals surface area contributed by atoms with E-state index >= 15 is 0 Å². The van der Waals surface area contributed by atoms with Crippen LogP contribution in [0.1, 0.15) is 29.8 Å². The van der Waals surface area contributed by atoms with Crippen LogP contribution in [0.25, 0.3) is 5.69 Å². The van der Waals surface area contributed by atoms with Crippen molar-refractivity contribution in [2.45, 2.75) is 19.8 Å². The van der Waals surface area contributed by atoms with E-state index in [1.807, 2.05) is 6.92 Å². The molecule has 1 heterocycles. The Morgan fingerprint density at radius 1 is 1.53 bits per heavy atom. The smallest absolute Gasteiger partial charge is 0.375 e. The number of hydrogen-bond acceptors (Lipinski definition) is 3. The largest absolute Gasteiger partial charge is 0.475 e. The van der Waals surface area contributed by atoms with Crippen molar-refractivity contribution in [3.05, 3.63) is 39.3 Å². The topological polar surface area (TPSA) is 68.0 Å². The molecule has 0 aliphatic heterocycles. The molecule has 0 unspecified atom stereocenters. The average molecular weight is 345 g/mol. The minimum Gasteiger partial charge on any atom is -0.475 e. The van der Waals surface area contributed by atoms with Crippen LogP contribution < -0.4 is 0 Å². The number of carboxylic acids is 1. The van der Waals surface area contributed by atoms with Gasteiger partial charge >= 0.3 is 5.97 Å². The Kier molecular flexibility index (Phi) is 4.21. The van der Waals surface area contributed by atoms with Gasteiger partial charge in [-0.25, -0.2) is 14.5 Å². The SMILES string of the molecule is CCCc1nc(C(=O)O)nn1-c1ccc(Cl)c(Br)c1. The summed E-state index contributed by atoms with van der Waals surface area (Å²) in [5, 5.41) is 13.6. The highest BCUT2D eigenvalue weighted by Gasteiger charge is 2.16. The van der Waals surface area contributed by atoms with E-state index in [1.165, 1.54) is 4.68 Å². The fourth-order valence-corrected chi connectivity index (χ4v) is 2.13. The first kappa shape index (κ1) is 14.0. The Labute approximate surface area is 123 Å². The summed E-state index contributed by atoms with van der Waals surface area (Å²) in [6.07, 6.45) is 1.51. The van der Waals surface area contributed by atoms with Crippen molar-refractivity contribution in [3.63, 3.8) is 0 Å². The van der Waals surface area contributed by atoms with Gasteiger partial charge in [-0.1, -0.05) is 18.5 Å². The second-order valence-corrected chi connectivity index (χ2v) is 5.18. The lowest BCUT2D eigenvalue weighted by Gasteiger charge is -2.06. The first-order valence-electron chi connectivity index (χ1n) is 5.67. The predicted octanol–water partition coefficient (Wildman–Crippen LogP) is 3.33. The van der Waals surface area contributed by atoms with Gasteiger partial charge in [0, 0.05) is 10.9 Å². The summed E-state index contributed by atoms with van der Waals surface area (Å²) >= 11 is 9.27. The van der Waals surface area contributed by atoms with Crippen molar-refractivity contribution >= 4 is 33.5 Å². The Morgan fingerprint density at radius 2 is 2.26 bits per heavy atom. The molecular formula is C12H11BrClN3O2. The van der Waals surface area contributed by atoms with E-state index in [1.54, 1.807) is 18.2 Å². The normalized spacial score (nSPS) is 10.7. The first-order chi connectivity index (χ1) is 9.02. The number of carboxylic acid groups (broad SMARTS) is 1. The molecule has 2 aromatic rings. The number of nitrogens with zero attached hydrogens (tertiary/aromatic N) is 3. The maximum atomic E-state index is 11.0. The van der Waals surface area contributed by atoms with E-state index in [0.29, 0.717) is 17.3 Å². The molecule has 0 amide bonds. The third-order valence-electron chi connectivity index (χ3n) is 2.49. The molecule has 0 saturated heterocycles. The fraction of sp³-hybridized carbons (Fsp3) is 0.250. The zero-order valence-electron chi connectivity index (χ0n) is 10.1. The van der Waals surface area contributed by atoms with Gasteiger partial charge in [-0.15, -0.1) is 5.10 Å². The average Bonchev–Trinajstić information content (AvgIpc) is 2.77. The van der Waals surface area contributed by atoms with Crippen LogP contribution in [0.2, 0.25) is 5.02 Å². The van der Waals surface area contributed by atoms with Crippen LogP contribution in [0.3, 0.4) is 0 Å². The van der Waals surface area contributed by atoms with Crippen molar-refractivity contribution in [1.29, 1.82) is 0 Å². The molecule has 0 aliphatic rings. The molecule has 0 spiro atoms. The molecule has 1 aromatic carbocycles. The molecule has 0 radical (unpaired) electrons. The lowest BCUT2D eigenvalue weighted by Crippen LogP contribution is -2.03. The summed E-state index contributed by atoms with van der Waals surface area (Å²) in [6, 6.07) is 5.27. The van der Waals surface area contributed by atoms with Crippen LogP contribution in [0.5, 0.6) is 0 Å². The zero-order chi connectivity index (χ0) is 14.0. The van der Waals surface area contributed by atoms with Gasteiger partial charge in [-0.3, -0.25) is 0 Å². The van der Waals surface area contributed by atoms with Gasteiger partial charge in [-0.05, 0) is 40.5 Å². The van der Waals surface area contributed by atoms with E-state index in [2.05, 4.69) is 26.0 Å². The van der Waals surface area contributed by atoms with Crippen molar-refractivity contribution < 1.29 is 9.90 Å². The van der Waals surface area contributed by atoms with Crippen LogP contribution in [-0.4, -0.2) is 25.8 Å². The highest BCUT2D eigenvalue weighted by Crippen LogP contribution is 2.25. The first-order valence-corrected chi connectivity index (χ1v) is 6.84. The minimum absolute atomic E-state index is 0.200. The zero-order valence-corrected chi connectivity index (χ0v) is 12.4. The lowest BCUT2D eigenvalue weighted by atomic mass is 10.3. The van der Waals surface area contributed by atoms with Gasteiger partial charge in [0.05, 0.1) is 10.7 Å². The molecule has 1 N–H and O–H groups in total. The number of benzene rings is 1. The van der Waals surface area contributed by atoms with E-state index in [9.17, 15) is 4.79 Å². The molecular weight excluding hydrogens is 334 g/mol. The number of carbonyl (C=O) groups is 1. The van der Waals surface area contributed by atoms with Gasteiger partial charge < -0.3 is 5.11 Å². The molecule has 19 heavy (non-hydrogen) atoms. The fourth-order valence-electron chi connectivity index (χ4n) is 1.64. The summed E-state index contributed by atoms with van der Waals surface area (Å²) in [4.78, 5) is 15.0. The standard InChI is InChI=1S/C12H11BrClN3O2/c1-2-3-10-15-11(12(18)19)16-17(10)7-4-5-9(14)8(13)6-7/h4-6H,2-3H2,1H3,(H,18,19). The summed E-state index contributed by atoms with van der Waals surface area (Å²) in [7, 11) is 0. The van der Waals surface area contributed by atoms with Gasteiger partial charge in [0.1, 0.15) is 5.82 Å². The van der Waals surface area contributed by atoms with E-state index < -0.39 is 5.97 Å². The molecule has 0 bridgehead atoms. The molecule has 100 valence electrons. The lowest BCUT2D eigenvalue weighted by molar-refractivity contribution is 0.0683. The van der Waals surface area contributed by atoms with Crippen molar-refractivity contribution in [2.75, 3.05) is 0 Å². The van der Waals surface area contributed by atoms with E-state index in [0.717, 1.165) is 16.6 Å². The van der Waals surface area contributed by atoms with Crippen molar-refractivity contribution in [3.8, 4) is 5.69 Å². The number of rotatable bonds is 4. The maximum absolute atomic E-state index is 11.0.